The summed E-state index contributed by atoms with van der Waals surface area (Å²) in [7, 11) is 1.37. The lowest BCUT2D eigenvalue weighted by Crippen LogP contribution is -2.36. The lowest BCUT2D eigenvalue weighted by atomic mass is 10.2. The fourth-order valence-electron chi connectivity index (χ4n) is 3.31. The second-order valence-corrected chi connectivity index (χ2v) is 9.49. The van der Waals surface area contributed by atoms with Gasteiger partial charge in [-0.25, -0.2) is 9.59 Å². The van der Waals surface area contributed by atoms with Gasteiger partial charge in [0.15, 0.2) is 18.1 Å². The van der Waals surface area contributed by atoms with E-state index in [0.717, 1.165) is 11.3 Å². The number of aliphatic carboxylic acids is 1. The number of halogens is 1. The SMILES string of the molecule is CCCCOC(=O)c1cc(NC(=O)CN2C(=O)S/C(=C/c3ccc(OCC(=O)O)c(OC)c3)C2=O)ccc1Cl. The molecule has 0 aliphatic carbocycles. The number of carbonyl (C=O) groups excluding carboxylic acids is 4. The first-order chi connectivity index (χ1) is 18.6. The van der Waals surface area contributed by atoms with Gasteiger partial charge in [-0.2, -0.15) is 0 Å². The maximum atomic E-state index is 12.9. The number of esters is 1. The average Bonchev–Trinajstić information content (AvgIpc) is 3.15. The number of benzene rings is 2. The Morgan fingerprint density at radius 1 is 1.13 bits per heavy atom. The molecule has 1 fully saturated rings. The van der Waals surface area contributed by atoms with Gasteiger partial charge in [0.2, 0.25) is 5.91 Å². The van der Waals surface area contributed by atoms with Crippen LogP contribution in [0.1, 0.15) is 35.7 Å². The lowest BCUT2D eigenvalue weighted by molar-refractivity contribution is -0.139. The quantitative estimate of drug-likeness (QED) is 0.211. The summed E-state index contributed by atoms with van der Waals surface area (Å²) in [6.45, 7) is 1.09. The van der Waals surface area contributed by atoms with Crippen molar-refractivity contribution in [2.75, 3.05) is 32.2 Å². The number of methoxy groups -OCH3 is 1. The van der Waals surface area contributed by atoms with Gasteiger partial charge >= 0.3 is 11.9 Å². The zero-order valence-corrected chi connectivity index (χ0v) is 22.6. The fraction of sp³-hybridized carbons (Fsp3) is 0.269. The minimum Gasteiger partial charge on any atom is -0.493 e. The van der Waals surface area contributed by atoms with Crippen LogP contribution in [-0.2, 0) is 19.1 Å². The van der Waals surface area contributed by atoms with Crippen LogP contribution in [0.4, 0.5) is 10.5 Å². The molecule has 1 saturated heterocycles. The predicted octanol–water partition coefficient (Wildman–Crippen LogP) is 4.44. The van der Waals surface area contributed by atoms with Crippen LogP contribution in [0.2, 0.25) is 5.02 Å². The predicted molar refractivity (Wildman–Crippen MR) is 144 cm³/mol. The third kappa shape index (κ3) is 7.98. The molecule has 39 heavy (non-hydrogen) atoms. The Morgan fingerprint density at radius 2 is 1.90 bits per heavy atom. The number of amides is 3. The number of hydrogen-bond acceptors (Lipinski definition) is 9. The van der Waals surface area contributed by atoms with Gasteiger partial charge in [0, 0.05) is 5.69 Å². The highest BCUT2D eigenvalue weighted by Gasteiger charge is 2.36. The van der Waals surface area contributed by atoms with E-state index in [1.807, 2.05) is 6.92 Å². The molecular formula is C26H25ClN2O9S. The number of hydrogen-bond donors (Lipinski definition) is 2. The molecule has 1 heterocycles. The molecule has 1 aliphatic rings. The largest absolute Gasteiger partial charge is 0.493 e. The van der Waals surface area contributed by atoms with Crippen molar-refractivity contribution < 1.29 is 43.3 Å². The zero-order chi connectivity index (χ0) is 28.5. The molecule has 0 atom stereocenters. The number of nitrogens with zero attached hydrogens (tertiary/aromatic N) is 1. The monoisotopic (exact) mass is 576 g/mol. The summed E-state index contributed by atoms with van der Waals surface area (Å²) < 4.78 is 15.5. The average molecular weight is 577 g/mol. The number of nitrogens with one attached hydrogen (secondary N) is 1. The number of carboxylic acid groups (broad SMARTS) is 1. The maximum Gasteiger partial charge on any atom is 0.341 e. The Kier molecular flexibility index (Phi) is 10.4. The molecule has 1 aliphatic heterocycles. The lowest BCUT2D eigenvalue weighted by Gasteiger charge is -2.13. The standard InChI is InChI=1S/C26H25ClN2O9S/c1-3-4-9-37-25(34)17-12-16(6-7-18(17)27)28-22(30)13-29-24(33)21(39-26(29)35)11-15-5-8-19(20(10-15)36-2)38-14-23(31)32/h5-8,10-12H,3-4,9,13-14H2,1-2H3,(H,28,30)(H,31,32)/b21-11+. The van der Waals surface area contributed by atoms with Crippen molar-refractivity contribution in [3.05, 3.63) is 57.5 Å². The van der Waals surface area contributed by atoms with E-state index in [4.69, 9.17) is 30.9 Å². The van der Waals surface area contributed by atoms with Gasteiger partial charge in [-0.15, -0.1) is 0 Å². The number of imide groups is 1. The summed E-state index contributed by atoms with van der Waals surface area (Å²) >= 11 is 6.76. The Balaban J connectivity index is 1.67. The van der Waals surface area contributed by atoms with Crippen molar-refractivity contribution in [1.29, 1.82) is 0 Å². The van der Waals surface area contributed by atoms with E-state index in [2.05, 4.69) is 5.32 Å². The number of carboxylic acids is 1. The Hall–Kier alpha value is -4.03. The van der Waals surface area contributed by atoms with Crippen LogP contribution in [0, 0.1) is 0 Å². The number of carbonyl (C=O) groups is 5. The van der Waals surface area contributed by atoms with Crippen molar-refractivity contribution >= 4 is 64.1 Å². The topological polar surface area (TPSA) is 149 Å². The molecule has 0 radical (unpaired) electrons. The molecule has 2 aromatic carbocycles. The van der Waals surface area contributed by atoms with Crippen molar-refractivity contribution in [2.24, 2.45) is 0 Å². The first kappa shape index (κ1) is 29.5. The summed E-state index contributed by atoms with van der Waals surface area (Å²) in [5, 5.41) is 10.9. The van der Waals surface area contributed by atoms with Crippen LogP contribution in [0.3, 0.4) is 0 Å². The Labute approximate surface area is 233 Å². The Bertz CT molecular complexity index is 1330. The number of thioether (sulfide) groups is 1. The summed E-state index contributed by atoms with van der Waals surface area (Å²) in [6.07, 6.45) is 3.00. The van der Waals surface area contributed by atoms with Crippen LogP contribution in [-0.4, -0.2) is 65.9 Å². The molecule has 0 spiro atoms. The number of anilines is 1. The van der Waals surface area contributed by atoms with E-state index in [-0.39, 0.29) is 39.3 Å². The maximum absolute atomic E-state index is 12.9. The van der Waals surface area contributed by atoms with Gasteiger partial charge in [-0.05, 0) is 60.2 Å². The van der Waals surface area contributed by atoms with Crippen LogP contribution < -0.4 is 14.8 Å². The molecule has 3 rings (SSSR count). The molecule has 2 aromatic rings. The second-order valence-electron chi connectivity index (χ2n) is 8.09. The highest BCUT2D eigenvalue weighted by atomic mass is 35.5. The van der Waals surface area contributed by atoms with Crippen molar-refractivity contribution in [3.63, 3.8) is 0 Å². The summed E-state index contributed by atoms with van der Waals surface area (Å²) in [5.41, 5.74) is 0.810. The van der Waals surface area contributed by atoms with E-state index < -0.39 is 42.1 Å². The van der Waals surface area contributed by atoms with E-state index in [0.29, 0.717) is 23.7 Å². The fourth-order valence-corrected chi connectivity index (χ4v) is 4.34. The first-order valence-corrected chi connectivity index (χ1v) is 12.9. The third-order valence-corrected chi connectivity index (χ3v) is 6.45. The molecule has 0 aromatic heterocycles. The molecule has 0 saturated carbocycles. The molecule has 13 heteroatoms. The summed E-state index contributed by atoms with van der Waals surface area (Å²) in [4.78, 5) is 61.9. The highest BCUT2D eigenvalue weighted by Crippen LogP contribution is 2.34. The molecule has 0 unspecified atom stereocenters. The minimum atomic E-state index is -1.15. The number of ether oxygens (including phenoxy) is 3. The van der Waals surface area contributed by atoms with E-state index in [9.17, 15) is 24.0 Å². The third-order valence-electron chi connectivity index (χ3n) is 5.21. The van der Waals surface area contributed by atoms with E-state index >= 15 is 0 Å². The summed E-state index contributed by atoms with van der Waals surface area (Å²) in [5.74, 6) is -2.67. The number of unbranched alkanes of at least 4 members (excludes halogenated alkanes) is 1. The van der Waals surface area contributed by atoms with Gasteiger partial charge in [-0.1, -0.05) is 31.0 Å². The highest BCUT2D eigenvalue weighted by molar-refractivity contribution is 8.18. The molecule has 0 bridgehead atoms. The van der Waals surface area contributed by atoms with Crippen LogP contribution in [0.5, 0.6) is 11.5 Å². The molecule has 11 nitrogen and oxygen atoms in total. The van der Waals surface area contributed by atoms with E-state index in [1.165, 1.54) is 43.5 Å². The Morgan fingerprint density at radius 3 is 2.59 bits per heavy atom. The van der Waals surface area contributed by atoms with Gasteiger partial charge in [-0.3, -0.25) is 19.3 Å². The minimum absolute atomic E-state index is 0.0782. The van der Waals surface area contributed by atoms with Crippen LogP contribution in [0.15, 0.2) is 41.3 Å². The first-order valence-electron chi connectivity index (χ1n) is 11.7. The van der Waals surface area contributed by atoms with Gasteiger partial charge in [0.05, 0.1) is 29.2 Å². The number of rotatable bonds is 12. The van der Waals surface area contributed by atoms with Crippen LogP contribution in [0.25, 0.3) is 6.08 Å². The normalized spacial score (nSPS) is 13.9. The van der Waals surface area contributed by atoms with E-state index in [1.54, 1.807) is 6.07 Å². The van der Waals surface area contributed by atoms with Gasteiger partial charge in [0.1, 0.15) is 6.54 Å². The second kappa shape index (κ2) is 13.7. The molecule has 206 valence electrons. The van der Waals surface area contributed by atoms with Gasteiger partial charge in [0.25, 0.3) is 11.1 Å². The van der Waals surface area contributed by atoms with Crippen molar-refractivity contribution in [2.45, 2.75) is 19.8 Å². The van der Waals surface area contributed by atoms with Crippen molar-refractivity contribution in [3.8, 4) is 11.5 Å². The van der Waals surface area contributed by atoms with Crippen molar-refractivity contribution in [1.82, 2.24) is 4.90 Å². The van der Waals surface area contributed by atoms with Gasteiger partial charge < -0.3 is 24.6 Å². The molecule has 2 N–H and O–H groups in total. The molecule has 3 amide bonds. The smallest absolute Gasteiger partial charge is 0.341 e. The molecular weight excluding hydrogens is 552 g/mol. The zero-order valence-electron chi connectivity index (χ0n) is 21.0. The van der Waals surface area contributed by atoms with Crippen LogP contribution >= 0.6 is 23.4 Å². The summed E-state index contributed by atoms with van der Waals surface area (Å²) in [6, 6.07) is 8.83.